The predicted molar refractivity (Wildman–Crippen MR) is 72.6 cm³/mol. The lowest BCUT2D eigenvalue weighted by Crippen LogP contribution is -2.21. The Balaban J connectivity index is 2.20. The fourth-order valence-electron chi connectivity index (χ4n) is 1.77. The van der Waals surface area contributed by atoms with Crippen molar-refractivity contribution in [1.29, 1.82) is 0 Å². The molecular formula is C14H10F6N2O2. The molecule has 0 atom stereocenters. The number of nitrogens with one attached hydrogen (secondary N) is 1. The van der Waals surface area contributed by atoms with Gasteiger partial charge in [0.15, 0.2) is 5.75 Å². The van der Waals surface area contributed by atoms with Crippen molar-refractivity contribution in [3.63, 3.8) is 0 Å². The zero-order valence-corrected chi connectivity index (χ0v) is 11.7. The molecular weight excluding hydrogens is 342 g/mol. The van der Waals surface area contributed by atoms with Gasteiger partial charge in [0.25, 0.3) is 0 Å². The van der Waals surface area contributed by atoms with Crippen LogP contribution in [-0.4, -0.2) is 29.2 Å². The molecule has 0 saturated carbocycles. The largest absolute Gasteiger partial charge is 0.573 e. The standard InChI is InChI=1S/C14H10F6N2O2/c15-13(16,17)7-22-11-5-10(21-6-12(11)23)8-1-3-9(4-2-8)24-14(18,19)20/h1-6,23H,7H2,(H,21,22). The summed E-state index contributed by atoms with van der Waals surface area (Å²) in [6.07, 6.45) is -8.37. The average Bonchev–Trinajstić information content (AvgIpc) is 2.45. The van der Waals surface area contributed by atoms with E-state index in [2.05, 4.69) is 9.72 Å². The Bertz CT molecular complexity index is 698. The van der Waals surface area contributed by atoms with Crippen molar-refractivity contribution in [1.82, 2.24) is 4.98 Å². The highest BCUT2D eigenvalue weighted by atomic mass is 19.4. The second kappa shape index (κ2) is 6.46. The highest BCUT2D eigenvalue weighted by Crippen LogP contribution is 2.30. The van der Waals surface area contributed by atoms with Crippen molar-refractivity contribution in [2.45, 2.75) is 12.5 Å². The van der Waals surface area contributed by atoms with E-state index in [0.29, 0.717) is 5.56 Å². The number of alkyl halides is 6. The molecule has 0 radical (unpaired) electrons. The van der Waals surface area contributed by atoms with Gasteiger partial charge in [-0.15, -0.1) is 13.2 Å². The molecule has 1 aromatic carbocycles. The Kier molecular flexibility index (Phi) is 4.76. The Hall–Kier alpha value is -2.65. The van der Waals surface area contributed by atoms with Crippen LogP contribution in [0, 0.1) is 0 Å². The molecule has 4 nitrogen and oxygen atoms in total. The molecule has 2 rings (SSSR count). The van der Waals surface area contributed by atoms with Crippen LogP contribution in [-0.2, 0) is 0 Å². The molecule has 24 heavy (non-hydrogen) atoms. The summed E-state index contributed by atoms with van der Waals surface area (Å²) in [5, 5.41) is 11.5. The van der Waals surface area contributed by atoms with Gasteiger partial charge in [0, 0.05) is 5.56 Å². The van der Waals surface area contributed by atoms with Crippen LogP contribution in [0.3, 0.4) is 0 Å². The molecule has 0 aliphatic rings. The molecule has 0 aliphatic carbocycles. The van der Waals surface area contributed by atoms with E-state index in [1.807, 2.05) is 5.32 Å². The number of hydrogen-bond acceptors (Lipinski definition) is 4. The van der Waals surface area contributed by atoms with E-state index in [1.165, 1.54) is 12.1 Å². The average molecular weight is 352 g/mol. The van der Waals surface area contributed by atoms with E-state index in [1.54, 1.807) is 0 Å². The summed E-state index contributed by atoms with van der Waals surface area (Å²) in [6.45, 7) is -1.36. The Labute approximate surface area is 131 Å². The minimum absolute atomic E-state index is 0.163. The van der Waals surface area contributed by atoms with E-state index in [0.717, 1.165) is 24.4 Å². The van der Waals surface area contributed by atoms with Crippen molar-refractivity contribution >= 4 is 5.69 Å². The van der Waals surface area contributed by atoms with Gasteiger partial charge < -0.3 is 15.2 Å². The van der Waals surface area contributed by atoms with Crippen LogP contribution in [0.25, 0.3) is 11.3 Å². The van der Waals surface area contributed by atoms with Gasteiger partial charge in [-0.05, 0) is 30.3 Å². The molecule has 0 saturated heterocycles. The lowest BCUT2D eigenvalue weighted by atomic mass is 10.1. The maximum atomic E-state index is 12.2. The number of nitrogens with zero attached hydrogens (tertiary/aromatic N) is 1. The number of pyridine rings is 1. The summed E-state index contributed by atoms with van der Waals surface area (Å²) in [7, 11) is 0. The lowest BCUT2D eigenvalue weighted by molar-refractivity contribution is -0.274. The van der Waals surface area contributed by atoms with E-state index in [-0.39, 0.29) is 11.4 Å². The summed E-state index contributed by atoms with van der Waals surface area (Å²) in [5.41, 5.74) is 0.295. The molecule has 1 heterocycles. The molecule has 0 aliphatic heterocycles. The lowest BCUT2D eigenvalue weighted by Gasteiger charge is -2.12. The minimum Gasteiger partial charge on any atom is -0.504 e. The Morgan fingerprint density at radius 1 is 1.04 bits per heavy atom. The first-order valence-corrected chi connectivity index (χ1v) is 6.39. The van der Waals surface area contributed by atoms with Crippen molar-refractivity contribution in [2.24, 2.45) is 0 Å². The summed E-state index contributed by atoms with van der Waals surface area (Å²) >= 11 is 0. The molecule has 0 spiro atoms. The first kappa shape index (κ1) is 17.7. The zero-order valence-electron chi connectivity index (χ0n) is 11.7. The van der Waals surface area contributed by atoms with Crippen LogP contribution >= 0.6 is 0 Å². The summed E-state index contributed by atoms with van der Waals surface area (Å²) in [4.78, 5) is 3.82. The monoisotopic (exact) mass is 352 g/mol. The number of aromatic hydroxyl groups is 1. The fourth-order valence-corrected chi connectivity index (χ4v) is 1.77. The number of aromatic nitrogens is 1. The van der Waals surface area contributed by atoms with Crippen LogP contribution in [0.1, 0.15) is 0 Å². The zero-order chi connectivity index (χ0) is 18.0. The van der Waals surface area contributed by atoms with Gasteiger partial charge in [0.2, 0.25) is 0 Å². The summed E-state index contributed by atoms with van der Waals surface area (Å²) < 4.78 is 76.6. The molecule has 2 aromatic rings. The third-order valence-electron chi connectivity index (χ3n) is 2.75. The van der Waals surface area contributed by atoms with Gasteiger partial charge in [0.1, 0.15) is 12.3 Å². The Morgan fingerprint density at radius 2 is 1.67 bits per heavy atom. The fraction of sp³-hybridized carbons (Fsp3) is 0.214. The third kappa shape index (κ3) is 5.21. The second-order valence-electron chi connectivity index (χ2n) is 4.63. The van der Waals surface area contributed by atoms with E-state index in [4.69, 9.17) is 0 Å². The SMILES string of the molecule is Oc1cnc(-c2ccc(OC(F)(F)F)cc2)cc1NCC(F)(F)F. The minimum atomic E-state index is -4.83. The van der Waals surface area contributed by atoms with Gasteiger partial charge >= 0.3 is 12.5 Å². The van der Waals surface area contributed by atoms with Crippen molar-refractivity contribution in [2.75, 3.05) is 11.9 Å². The van der Waals surface area contributed by atoms with Crippen LogP contribution in [0.15, 0.2) is 36.5 Å². The van der Waals surface area contributed by atoms with E-state index >= 15 is 0 Å². The highest BCUT2D eigenvalue weighted by Gasteiger charge is 2.31. The highest BCUT2D eigenvalue weighted by molar-refractivity contribution is 5.68. The molecule has 2 N–H and O–H groups in total. The van der Waals surface area contributed by atoms with Crippen LogP contribution in [0.2, 0.25) is 0 Å². The van der Waals surface area contributed by atoms with Gasteiger partial charge in [-0.1, -0.05) is 0 Å². The smallest absolute Gasteiger partial charge is 0.504 e. The van der Waals surface area contributed by atoms with Crippen molar-refractivity contribution < 1.29 is 36.2 Å². The van der Waals surface area contributed by atoms with Gasteiger partial charge in [0.05, 0.1) is 17.6 Å². The van der Waals surface area contributed by atoms with Crippen LogP contribution in [0.5, 0.6) is 11.5 Å². The predicted octanol–water partition coefficient (Wildman–Crippen LogP) is 4.33. The topological polar surface area (TPSA) is 54.4 Å². The van der Waals surface area contributed by atoms with Gasteiger partial charge in [-0.25, -0.2) is 0 Å². The molecule has 0 amide bonds. The molecule has 0 bridgehead atoms. The van der Waals surface area contributed by atoms with Gasteiger partial charge in [-0.3, -0.25) is 4.98 Å². The molecule has 0 unspecified atom stereocenters. The first-order chi connectivity index (χ1) is 11.0. The number of hydrogen-bond donors (Lipinski definition) is 2. The first-order valence-electron chi connectivity index (χ1n) is 6.39. The summed E-state index contributed by atoms with van der Waals surface area (Å²) in [6, 6.07) is 5.75. The second-order valence-corrected chi connectivity index (χ2v) is 4.63. The third-order valence-corrected chi connectivity index (χ3v) is 2.75. The van der Waals surface area contributed by atoms with Crippen LogP contribution < -0.4 is 10.1 Å². The quantitative estimate of drug-likeness (QED) is 0.805. The number of anilines is 1. The number of benzene rings is 1. The van der Waals surface area contributed by atoms with Gasteiger partial charge in [-0.2, -0.15) is 13.2 Å². The van der Waals surface area contributed by atoms with Crippen LogP contribution in [0.4, 0.5) is 32.0 Å². The maximum Gasteiger partial charge on any atom is 0.573 e. The number of ether oxygens (including phenoxy) is 1. The molecule has 130 valence electrons. The normalized spacial score (nSPS) is 12.1. The summed E-state index contributed by atoms with van der Waals surface area (Å²) in [5.74, 6) is -0.930. The number of rotatable bonds is 4. The number of halogens is 6. The molecule has 10 heteroatoms. The van der Waals surface area contributed by atoms with E-state index in [9.17, 15) is 31.4 Å². The molecule has 1 aromatic heterocycles. The maximum absolute atomic E-state index is 12.2. The van der Waals surface area contributed by atoms with Crippen molar-refractivity contribution in [3.05, 3.63) is 36.5 Å². The Morgan fingerprint density at radius 3 is 2.21 bits per heavy atom. The van der Waals surface area contributed by atoms with Crippen molar-refractivity contribution in [3.8, 4) is 22.8 Å². The molecule has 0 fully saturated rings. The van der Waals surface area contributed by atoms with E-state index < -0.39 is 30.6 Å².